The van der Waals surface area contributed by atoms with Gasteiger partial charge in [-0.25, -0.2) is 9.18 Å². The topological polar surface area (TPSA) is 84.7 Å². The molecule has 0 radical (unpaired) electrons. The SMILES string of the molecule is CCN(C(=O)Oc1ccc(F)cc1)C1CCc2cc(C(=O)Nc3ccccc3N)ccc21. The van der Waals surface area contributed by atoms with Gasteiger partial charge in [-0.05, 0) is 79.4 Å². The molecule has 0 aliphatic heterocycles. The highest BCUT2D eigenvalue weighted by Gasteiger charge is 2.31. The van der Waals surface area contributed by atoms with Crippen LogP contribution in [-0.2, 0) is 6.42 Å². The molecule has 1 aliphatic carbocycles. The van der Waals surface area contributed by atoms with E-state index in [1.807, 2.05) is 25.1 Å². The predicted molar refractivity (Wildman–Crippen MR) is 121 cm³/mol. The molecule has 1 unspecified atom stereocenters. The van der Waals surface area contributed by atoms with Gasteiger partial charge in [-0.15, -0.1) is 0 Å². The molecule has 0 saturated heterocycles. The smallest absolute Gasteiger partial charge is 0.410 e. The summed E-state index contributed by atoms with van der Waals surface area (Å²) in [5.41, 5.74) is 9.53. The second kappa shape index (κ2) is 9.09. The van der Waals surface area contributed by atoms with Crippen LogP contribution in [0.25, 0.3) is 0 Å². The van der Waals surface area contributed by atoms with Crippen LogP contribution in [0.4, 0.5) is 20.6 Å². The number of benzene rings is 3. The summed E-state index contributed by atoms with van der Waals surface area (Å²) in [6.07, 6.45) is 0.992. The number of hydrogen-bond donors (Lipinski definition) is 2. The summed E-state index contributed by atoms with van der Waals surface area (Å²) in [6.45, 7) is 2.34. The number of nitrogens with one attached hydrogen (secondary N) is 1. The lowest BCUT2D eigenvalue weighted by Gasteiger charge is -2.27. The molecular weight excluding hydrogens is 409 g/mol. The van der Waals surface area contributed by atoms with Gasteiger partial charge in [0.25, 0.3) is 5.91 Å². The molecule has 0 bridgehead atoms. The van der Waals surface area contributed by atoms with E-state index < -0.39 is 11.9 Å². The quantitative estimate of drug-likeness (QED) is 0.544. The van der Waals surface area contributed by atoms with Gasteiger partial charge < -0.3 is 20.7 Å². The van der Waals surface area contributed by atoms with Crippen molar-refractivity contribution in [1.82, 2.24) is 4.90 Å². The van der Waals surface area contributed by atoms with Gasteiger partial charge in [0.2, 0.25) is 0 Å². The Labute approximate surface area is 185 Å². The first-order chi connectivity index (χ1) is 15.5. The number of anilines is 2. The minimum Gasteiger partial charge on any atom is -0.410 e. The van der Waals surface area contributed by atoms with Crippen LogP contribution >= 0.6 is 0 Å². The first-order valence-electron chi connectivity index (χ1n) is 10.5. The van der Waals surface area contributed by atoms with Gasteiger partial charge in [0.1, 0.15) is 11.6 Å². The molecule has 1 atom stereocenters. The number of carbonyl (C=O) groups is 2. The van der Waals surface area contributed by atoms with E-state index in [1.54, 1.807) is 29.2 Å². The van der Waals surface area contributed by atoms with Crippen molar-refractivity contribution >= 4 is 23.4 Å². The Bertz CT molecular complexity index is 1150. The van der Waals surface area contributed by atoms with Crippen LogP contribution < -0.4 is 15.8 Å². The van der Waals surface area contributed by atoms with Crippen LogP contribution in [-0.4, -0.2) is 23.4 Å². The molecule has 0 saturated carbocycles. The summed E-state index contributed by atoms with van der Waals surface area (Å²) >= 11 is 0. The van der Waals surface area contributed by atoms with Crippen LogP contribution in [0.1, 0.15) is 40.9 Å². The molecule has 0 heterocycles. The number of hydrogen-bond acceptors (Lipinski definition) is 4. The van der Waals surface area contributed by atoms with E-state index in [4.69, 9.17) is 10.5 Å². The first-order valence-corrected chi connectivity index (χ1v) is 10.5. The van der Waals surface area contributed by atoms with Crippen molar-refractivity contribution < 1.29 is 18.7 Å². The lowest BCUT2D eigenvalue weighted by Crippen LogP contribution is -2.36. The van der Waals surface area contributed by atoms with E-state index in [2.05, 4.69) is 5.32 Å². The lowest BCUT2D eigenvalue weighted by molar-refractivity contribution is 0.102. The lowest BCUT2D eigenvalue weighted by atomic mass is 10.0. The summed E-state index contributed by atoms with van der Waals surface area (Å²) in [5.74, 6) is -0.339. The summed E-state index contributed by atoms with van der Waals surface area (Å²) in [4.78, 5) is 27.1. The van der Waals surface area contributed by atoms with Gasteiger partial charge in [0.05, 0.1) is 17.4 Å². The number of ether oxygens (including phenoxy) is 1. The summed E-state index contributed by atoms with van der Waals surface area (Å²) in [7, 11) is 0. The van der Waals surface area contributed by atoms with E-state index in [0.29, 0.717) is 29.2 Å². The summed E-state index contributed by atoms with van der Waals surface area (Å²) < 4.78 is 18.5. The van der Waals surface area contributed by atoms with Crippen molar-refractivity contribution in [3.05, 3.63) is 89.2 Å². The summed E-state index contributed by atoms with van der Waals surface area (Å²) in [5, 5.41) is 2.84. The Morgan fingerprint density at radius 3 is 2.59 bits per heavy atom. The standard InChI is InChI=1S/C25H24FN3O3/c1-2-29(25(31)32-19-11-9-18(26)10-12-19)23-14-8-16-15-17(7-13-20(16)23)24(30)28-22-6-4-3-5-21(22)27/h3-7,9-13,15,23H,2,8,14,27H2,1H3,(H,28,30). The van der Waals surface area contributed by atoms with Crippen LogP contribution in [0.2, 0.25) is 0 Å². The van der Waals surface area contributed by atoms with Crippen molar-refractivity contribution in [2.75, 3.05) is 17.6 Å². The molecule has 3 aromatic rings. The largest absolute Gasteiger partial charge is 0.415 e. The van der Waals surface area contributed by atoms with Crippen LogP contribution in [0.15, 0.2) is 66.7 Å². The maximum absolute atomic E-state index is 13.1. The minimum atomic E-state index is -0.488. The van der Waals surface area contributed by atoms with Crippen molar-refractivity contribution in [1.29, 1.82) is 0 Å². The molecule has 0 fully saturated rings. The third-order valence-corrected chi connectivity index (χ3v) is 5.63. The normalized spacial score (nSPS) is 14.5. The van der Waals surface area contributed by atoms with Crippen LogP contribution in [0.3, 0.4) is 0 Å². The minimum absolute atomic E-state index is 0.148. The van der Waals surface area contributed by atoms with Gasteiger partial charge in [-0.1, -0.05) is 18.2 Å². The Morgan fingerprint density at radius 1 is 1.12 bits per heavy atom. The van der Waals surface area contributed by atoms with Crippen molar-refractivity contribution in [3.8, 4) is 5.75 Å². The fraction of sp³-hybridized carbons (Fsp3) is 0.200. The number of amides is 2. The van der Waals surface area contributed by atoms with E-state index in [-0.39, 0.29) is 11.9 Å². The highest BCUT2D eigenvalue weighted by atomic mass is 19.1. The number of nitrogen functional groups attached to an aromatic ring is 1. The monoisotopic (exact) mass is 433 g/mol. The van der Waals surface area contributed by atoms with E-state index >= 15 is 0 Å². The average Bonchev–Trinajstić information content (AvgIpc) is 3.20. The molecular formula is C25H24FN3O3. The number of halogens is 1. The predicted octanol–water partition coefficient (Wildman–Crippen LogP) is 5.17. The van der Waals surface area contributed by atoms with Gasteiger partial charge in [-0.2, -0.15) is 0 Å². The third kappa shape index (κ3) is 4.42. The average molecular weight is 433 g/mol. The van der Waals surface area contributed by atoms with Crippen molar-refractivity contribution in [3.63, 3.8) is 0 Å². The van der Waals surface area contributed by atoms with Gasteiger partial charge in [-0.3, -0.25) is 4.79 Å². The molecule has 2 amide bonds. The second-order valence-corrected chi connectivity index (χ2v) is 7.62. The Morgan fingerprint density at radius 2 is 1.88 bits per heavy atom. The van der Waals surface area contributed by atoms with Crippen LogP contribution in [0, 0.1) is 5.82 Å². The van der Waals surface area contributed by atoms with Gasteiger partial charge >= 0.3 is 6.09 Å². The maximum Gasteiger partial charge on any atom is 0.415 e. The zero-order chi connectivity index (χ0) is 22.7. The second-order valence-electron chi connectivity index (χ2n) is 7.62. The Balaban J connectivity index is 1.49. The first kappa shape index (κ1) is 21.4. The maximum atomic E-state index is 13.1. The zero-order valence-electron chi connectivity index (χ0n) is 17.7. The fourth-order valence-electron chi connectivity index (χ4n) is 4.00. The molecule has 3 N–H and O–H groups in total. The number of nitrogens with zero attached hydrogens (tertiary/aromatic N) is 1. The van der Waals surface area contributed by atoms with E-state index in [0.717, 1.165) is 24.0 Å². The molecule has 0 spiro atoms. The molecule has 0 aromatic heterocycles. The zero-order valence-corrected chi connectivity index (χ0v) is 17.7. The van der Waals surface area contributed by atoms with Crippen molar-refractivity contribution in [2.45, 2.75) is 25.8 Å². The molecule has 164 valence electrons. The van der Waals surface area contributed by atoms with Gasteiger partial charge in [0, 0.05) is 12.1 Å². The number of nitrogens with two attached hydrogens (primary N) is 1. The molecule has 6 nitrogen and oxygen atoms in total. The van der Waals surface area contributed by atoms with E-state index in [9.17, 15) is 14.0 Å². The number of para-hydroxylation sites is 2. The molecule has 32 heavy (non-hydrogen) atoms. The molecule has 3 aromatic carbocycles. The van der Waals surface area contributed by atoms with Gasteiger partial charge in [0.15, 0.2) is 0 Å². The highest BCUT2D eigenvalue weighted by molar-refractivity contribution is 6.05. The van der Waals surface area contributed by atoms with E-state index in [1.165, 1.54) is 24.3 Å². The number of fused-ring (bicyclic) bond motifs is 1. The number of rotatable bonds is 5. The van der Waals surface area contributed by atoms with Crippen molar-refractivity contribution in [2.24, 2.45) is 0 Å². The van der Waals surface area contributed by atoms with Crippen LogP contribution in [0.5, 0.6) is 5.75 Å². The highest BCUT2D eigenvalue weighted by Crippen LogP contribution is 2.37. The third-order valence-electron chi connectivity index (χ3n) is 5.63. The summed E-state index contributed by atoms with van der Waals surface area (Å²) in [6, 6.07) is 17.8. The number of aryl methyl sites for hydroxylation is 1. The fourth-order valence-corrected chi connectivity index (χ4v) is 4.00. The Hall–Kier alpha value is -3.87. The Kier molecular flexibility index (Phi) is 6.07. The molecule has 4 rings (SSSR count). The molecule has 7 heteroatoms. The molecule has 1 aliphatic rings. The number of carbonyl (C=O) groups excluding carboxylic acids is 2.